The van der Waals surface area contributed by atoms with E-state index in [0.29, 0.717) is 23.5 Å². The molecule has 1 N–H and O–H groups in total. The predicted octanol–water partition coefficient (Wildman–Crippen LogP) is 2.92. The van der Waals surface area contributed by atoms with Crippen molar-refractivity contribution in [3.63, 3.8) is 0 Å². The maximum atomic E-state index is 12.3. The van der Waals surface area contributed by atoms with Crippen molar-refractivity contribution in [1.29, 1.82) is 0 Å². The van der Waals surface area contributed by atoms with Crippen molar-refractivity contribution in [1.82, 2.24) is 0 Å². The number of amides is 2. The molecule has 3 rings (SSSR count). The van der Waals surface area contributed by atoms with E-state index in [1.807, 2.05) is 31.2 Å². The van der Waals surface area contributed by atoms with Gasteiger partial charge in [-0.2, -0.15) is 0 Å². The molecular weight excluding hydrogens is 304 g/mol. The smallest absolute Gasteiger partial charge is 0.267 e. The van der Waals surface area contributed by atoms with E-state index in [1.165, 1.54) is 0 Å². The van der Waals surface area contributed by atoms with E-state index in [4.69, 9.17) is 4.74 Å². The summed E-state index contributed by atoms with van der Waals surface area (Å²) in [5, 5.41) is 2.88. The lowest BCUT2D eigenvalue weighted by atomic mass is 10.1. The molecule has 0 saturated heterocycles. The third kappa shape index (κ3) is 3.11. The first-order valence-electron chi connectivity index (χ1n) is 7.88. The number of rotatable bonds is 3. The second-order valence-corrected chi connectivity index (χ2v) is 5.99. The van der Waals surface area contributed by atoms with E-state index >= 15 is 0 Å². The standard InChI is InChI=1S/C19H20N2O3/c1-12-6-4-5-7-14(12)10-18(22)20-15-8-9-17-16(11-15)21(3)19(23)13(2)24-17/h4-9,11,13H,10H2,1-3H3,(H,20,22). The van der Waals surface area contributed by atoms with E-state index in [1.54, 1.807) is 37.1 Å². The van der Waals surface area contributed by atoms with Gasteiger partial charge < -0.3 is 15.0 Å². The second-order valence-electron chi connectivity index (χ2n) is 5.99. The monoisotopic (exact) mass is 324 g/mol. The Morgan fingerprint density at radius 2 is 2.00 bits per heavy atom. The van der Waals surface area contributed by atoms with Gasteiger partial charge in [0.2, 0.25) is 5.91 Å². The summed E-state index contributed by atoms with van der Waals surface area (Å²) >= 11 is 0. The molecule has 5 nitrogen and oxygen atoms in total. The Bertz CT molecular complexity index is 801. The summed E-state index contributed by atoms with van der Waals surface area (Å²) < 4.78 is 5.58. The number of likely N-dealkylation sites (N-methyl/N-ethyl adjacent to an activating group) is 1. The van der Waals surface area contributed by atoms with E-state index in [-0.39, 0.29) is 11.8 Å². The van der Waals surface area contributed by atoms with Crippen LogP contribution < -0.4 is 15.0 Å². The molecule has 0 saturated carbocycles. The zero-order valence-corrected chi connectivity index (χ0v) is 14.0. The number of hydrogen-bond donors (Lipinski definition) is 1. The van der Waals surface area contributed by atoms with Crippen molar-refractivity contribution < 1.29 is 14.3 Å². The van der Waals surface area contributed by atoms with E-state index in [2.05, 4.69) is 5.32 Å². The second kappa shape index (κ2) is 6.35. The van der Waals surface area contributed by atoms with Crippen molar-refractivity contribution in [2.24, 2.45) is 0 Å². The predicted molar refractivity (Wildman–Crippen MR) is 93.5 cm³/mol. The molecule has 0 aliphatic carbocycles. The number of nitrogens with one attached hydrogen (secondary N) is 1. The number of fused-ring (bicyclic) bond motifs is 1. The molecule has 1 heterocycles. The molecule has 1 unspecified atom stereocenters. The largest absolute Gasteiger partial charge is 0.479 e. The molecule has 2 aromatic rings. The van der Waals surface area contributed by atoms with Crippen LogP contribution >= 0.6 is 0 Å². The number of aryl methyl sites for hydroxylation is 1. The fourth-order valence-corrected chi connectivity index (χ4v) is 2.78. The Kier molecular flexibility index (Phi) is 4.25. The zero-order chi connectivity index (χ0) is 17.3. The summed E-state index contributed by atoms with van der Waals surface area (Å²) in [6.07, 6.45) is -0.185. The van der Waals surface area contributed by atoms with E-state index < -0.39 is 6.10 Å². The van der Waals surface area contributed by atoms with Crippen molar-refractivity contribution in [3.8, 4) is 5.75 Å². The first-order chi connectivity index (χ1) is 11.5. The number of anilines is 2. The molecule has 1 aliphatic heterocycles. The Labute approximate surface area is 141 Å². The van der Waals surface area contributed by atoms with Crippen LogP contribution in [0.1, 0.15) is 18.1 Å². The van der Waals surface area contributed by atoms with Gasteiger partial charge in [0.15, 0.2) is 6.10 Å². The fourth-order valence-electron chi connectivity index (χ4n) is 2.78. The van der Waals surface area contributed by atoms with Crippen LogP contribution in [-0.4, -0.2) is 25.0 Å². The first-order valence-corrected chi connectivity index (χ1v) is 7.88. The van der Waals surface area contributed by atoms with Crippen LogP contribution in [0.5, 0.6) is 5.75 Å². The van der Waals surface area contributed by atoms with Crippen molar-refractivity contribution in [2.45, 2.75) is 26.4 Å². The Morgan fingerprint density at radius 3 is 2.75 bits per heavy atom. The van der Waals surface area contributed by atoms with Crippen LogP contribution in [0.4, 0.5) is 11.4 Å². The molecule has 0 bridgehead atoms. The van der Waals surface area contributed by atoms with Crippen LogP contribution in [-0.2, 0) is 16.0 Å². The van der Waals surface area contributed by atoms with Crippen LogP contribution in [0.3, 0.4) is 0 Å². The van der Waals surface area contributed by atoms with Gasteiger partial charge in [-0.3, -0.25) is 9.59 Å². The lowest BCUT2D eigenvalue weighted by Gasteiger charge is -2.30. The summed E-state index contributed by atoms with van der Waals surface area (Å²) in [4.78, 5) is 25.8. The summed E-state index contributed by atoms with van der Waals surface area (Å²) in [7, 11) is 1.71. The summed E-state index contributed by atoms with van der Waals surface area (Å²) in [6.45, 7) is 3.71. The van der Waals surface area contributed by atoms with E-state index in [9.17, 15) is 9.59 Å². The van der Waals surface area contributed by atoms with Gasteiger partial charge in [-0.05, 0) is 43.2 Å². The molecule has 0 radical (unpaired) electrons. The topological polar surface area (TPSA) is 58.6 Å². The Balaban J connectivity index is 1.76. The van der Waals surface area contributed by atoms with Crippen molar-refractivity contribution >= 4 is 23.2 Å². The molecule has 124 valence electrons. The van der Waals surface area contributed by atoms with Gasteiger partial charge in [0, 0.05) is 12.7 Å². The number of carbonyl (C=O) groups is 2. The molecule has 2 aromatic carbocycles. The quantitative estimate of drug-likeness (QED) is 0.944. The number of ether oxygens (including phenoxy) is 1. The van der Waals surface area contributed by atoms with Gasteiger partial charge in [-0.15, -0.1) is 0 Å². The zero-order valence-electron chi connectivity index (χ0n) is 14.0. The molecule has 0 fully saturated rings. The molecule has 1 aliphatic rings. The molecule has 24 heavy (non-hydrogen) atoms. The molecule has 5 heteroatoms. The minimum absolute atomic E-state index is 0.0941. The van der Waals surface area contributed by atoms with Gasteiger partial charge in [0.1, 0.15) is 5.75 Å². The van der Waals surface area contributed by atoms with Crippen LogP contribution in [0.2, 0.25) is 0 Å². The number of hydrogen-bond acceptors (Lipinski definition) is 3. The molecular formula is C19H20N2O3. The third-order valence-corrected chi connectivity index (χ3v) is 4.20. The van der Waals surface area contributed by atoms with Gasteiger partial charge in [0.05, 0.1) is 12.1 Å². The van der Waals surface area contributed by atoms with Gasteiger partial charge in [-0.1, -0.05) is 24.3 Å². The average molecular weight is 324 g/mol. The van der Waals surface area contributed by atoms with Crippen LogP contribution in [0.15, 0.2) is 42.5 Å². The maximum absolute atomic E-state index is 12.3. The minimum Gasteiger partial charge on any atom is -0.479 e. The third-order valence-electron chi connectivity index (χ3n) is 4.20. The van der Waals surface area contributed by atoms with E-state index in [0.717, 1.165) is 11.1 Å². The Morgan fingerprint density at radius 1 is 1.25 bits per heavy atom. The van der Waals surface area contributed by atoms with Crippen molar-refractivity contribution in [2.75, 3.05) is 17.3 Å². The normalized spacial score (nSPS) is 16.4. The Hall–Kier alpha value is -2.82. The lowest BCUT2D eigenvalue weighted by molar-refractivity contribution is -0.125. The highest BCUT2D eigenvalue weighted by atomic mass is 16.5. The first kappa shape index (κ1) is 16.1. The highest BCUT2D eigenvalue weighted by Gasteiger charge is 2.29. The van der Waals surface area contributed by atoms with Gasteiger partial charge in [-0.25, -0.2) is 0 Å². The van der Waals surface area contributed by atoms with Crippen LogP contribution in [0.25, 0.3) is 0 Å². The highest BCUT2D eigenvalue weighted by Crippen LogP contribution is 2.35. The number of nitrogens with zero attached hydrogens (tertiary/aromatic N) is 1. The van der Waals surface area contributed by atoms with Gasteiger partial charge >= 0.3 is 0 Å². The average Bonchev–Trinajstić information content (AvgIpc) is 2.55. The van der Waals surface area contributed by atoms with Gasteiger partial charge in [0.25, 0.3) is 5.91 Å². The fraction of sp³-hybridized carbons (Fsp3) is 0.263. The van der Waals surface area contributed by atoms with Crippen LogP contribution in [0, 0.1) is 6.92 Å². The molecule has 1 atom stereocenters. The number of carbonyl (C=O) groups excluding carboxylic acids is 2. The number of benzene rings is 2. The summed E-state index contributed by atoms with van der Waals surface area (Å²) in [5.41, 5.74) is 3.39. The summed E-state index contributed by atoms with van der Waals surface area (Å²) in [6, 6.07) is 13.1. The lowest BCUT2D eigenvalue weighted by Crippen LogP contribution is -2.42. The molecule has 0 spiro atoms. The summed E-state index contributed by atoms with van der Waals surface area (Å²) in [5.74, 6) is 0.440. The SMILES string of the molecule is Cc1ccccc1CC(=O)Nc1ccc2c(c1)N(C)C(=O)C(C)O2. The minimum atomic E-state index is -0.496. The van der Waals surface area contributed by atoms with Crippen molar-refractivity contribution in [3.05, 3.63) is 53.6 Å². The molecule has 2 amide bonds. The highest BCUT2D eigenvalue weighted by molar-refractivity contribution is 6.00. The molecule has 0 aromatic heterocycles. The maximum Gasteiger partial charge on any atom is 0.267 e.